The molecule has 0 amide bonds. The van der Waals surface area contributed by atoms with E-state index >= 15 is 0 Å². The molecule has 0 bridgehead atoms. The van der Waals surface area contributed by atoms with E-state index in [1.165, 1.54) is 0 Å². The summed E-state index contributed by atoms with van der Waals surface area (Å²) in [6.07, 6.45) is -0.810. The van der Waals surface area contributed by atoms with E-state index < -0.39 is 6.10 Å². The summed E-state index contributed by atoms with van der Waals surface area (Å²) in [5, 5.41) is 9.95. The molecule has 0 radical (unpaired) electrons. The smallest absolute Gasteiger partial charge is 0.125 e. The zero-order chi connectivity index (χ0) is 9.97. The Morgan fingerprint density at radius 2 is 2.29 bits per heavy atom. The minimum absolute atomic E-state index is 0.241. The van der Waals surface area contributed by atoms with Crippen LogP contribution in [-0.2, 0) is 4.74 Å². The molecule has 1 aromatic rings. The molecule has 0 spiro atoms. The van der Waals surface area contributed by atoms with Crippen LogP contribution in [0.15, 0.2) is 24.3 Å². The van der Waals surface area contributed by atoms with Gasteiger partial charge in [-0.3, -0.25) is 0 Å². The van der Waals surface area contributed by atoms with E-state index in [1.807, 2.05) is 31.2 Å². The number of fused-ring (bicyclic) bond motifs is 1. The molecule has 2 atom stereocenters. The van der Waals surface area contributed by atoms with E-state index in [0.29, 0.717) is 13.2 Å². The van der Waals surface area contributed by atoms with Crippen molar-refractivity contribution >= 4 is 0 Å². The average molecular weight is 194 g/mol. The van der Waals surface area contributed by atoms with E-state index in [-0.39, 0.29) is 6.10 Å². The molecule has 2 unspecified atom stereocenters. The fourth-order valence-corrected chi connectivity index (χ4v) is 1.67. The van der Waals surface area contributed by atoms with Gasteiger partial charge in [0.25, 0.3) is 0 Å². The molecule has 0 saturated carbocycles. The van der Waals surface area contributed by atoms with Crippen molar-refractivity contribution in [2.24, 2.45) is 0 Å². The van der Waals surface area contributed by atoms with E-state index in [1.54, 1.807) is 0 Å². The molecule has 1 aliphatic heterocycles. The molecule has 1 aliphatic rings. The Hall–Kier alpha value is -1.06. The summed E-state index contributed by atoms with van der Waals surface area (Å²) in [5.41, 5.74) is 0.817. The lowest BCUT2D eigenvalue weighted by Gasteiger charge is -2.29. The van der Waals surface area contributed by atoms with Crippen LogP contribution in [0.3, 0.4) is 0 Å². The SMILES string of the molecule is CCOC1COc2ccccc2C1O. The average Bonchev–Trinajstić information content (AvgIpc) is 2.23. The molecule has 76 valence electrons. The third-order valence-electron chi connectivity index (χ3n) is 2.37. The van der Waals surface area contributed by atoms with Crippen molar-refractivity contribution in [2.45, 2.75) is 19.1 Å². The zero-order valence-corrected chi connectivity index (χ0v) is 8.14. The standard InChI is InChI=1S/C11H14O3/c1-2-13-10-7-14-9-6-4-3-5-8(9)11(10)12/h3-6,10-12H,2,7H2,1H3. The molecular weight excluding hydrogens is 180 g/mol. The monoisotopic (exact) mass is 194 g/mol. The summed E-state index contributed by atoms with van der Waals surface area (Å²) in [6.45, 7) is 2.92. The molecule has 1 N–H and O–H groups in total. The van der Waals surface area contributed by atoms with Gasteiger partial charge < -0.3 is 14.6 Å². The highest BCUT2D eigenvalue weighted by molar-refractivity contribution is 5.37. The molecule has 1 aromatic carbocycles. The van der Waals surface area contributed by atoms with Gasteiger partial charge in [-0.1, -0.05) is 18.2 Å². The highest BCUT2D eigenvalue weighted by atomic mass is 16.5. The topological polar surface area (TPSA) is 38.7 Å². The predicted octanol–water partition coefficient (Wildman–Crippen LogP) is 1.52. The Labute approximate surface area is 83.3 Å². The van der Waals surface area contributed by atoms with Gasteiger partial charge in [-0.2, -0.15) is 0 Å². The lowest BCUT2D eigenvalue weighted by Crippen LogP contribution is -2.33. The lowest BCUT2D eigenvalue weighted by atomic mass is 10.0. The van der Waals surface area contributed by atoms with Crippen LogP contribution in [0.1, 0.15) is 18.6 Å². The van der Waals surface area contributed by atoms with Gasteiger partial charge in [-0.05, 0) is 13.0 Å². The second-order valence-electron chi connectivity index (χ2n) is 3.29. The first kappa shape index (κ1) is 9.49. The van der Waals surface area contributed by atoms with Crippen LogP contribution in [0.4, 0.5) is 0 Å². The fraction of sp³-hybridized carbons (Fsp3) is 0.455. The number of para-hydroxylation sites is 1. The van der Waals surface area contributed by atoms with Crippen LogP contribution in [0, 0.1) is 0 Å². The lowest BCUT2D eigenvalue weighted by molar-refractivity contribution is -0.0681. The normalized spacial score (nSPS) is 25.3. The third kappa shape index (κ3) is 1.61. The maximum Gasteiger partial charge on any atom is 0.125 e. The van der Waals surface area contributed by atoms with Crippen LogP contribution in [0.2, 0.25) is 0 Å². The second kappa shape index (κ2) is 3.98. The van der Waals surface area contributed by atoms with Crippen LogP contribution in [0.25, 0.3) is 0 Å². The summed E-state index contributed by atoms with van der Waals surface area (Å²) in [6, 6.07) is 7.51. The number of hydrogen-bond acceptors (Lipinski definition) is 3. The predicted molar refractivity (Wildman–Crippen MR) is 52.3 cm³/mol. The molecule has 0 saturated heterocycles. The molecule has 2 rings (SSSR count). The van der Waals surface area contributed by atoms with Gasteiger partial charge in [0, 0.05) is 12.2 Å². The summed E-state index contributed by atoms with van der Waals surface area (Å²) < 4.78 is 10.9. The van der Waals surface area contributed by atoms with Gasteiger partial charge in [0.05, 0.1) is 0 Å². The van der Waals surface area contributed by atoms with Crippen molar-refractivity contribution in [3.05, 3.63) is 29.8 Å². The van der Waals surface area contributed by atoms with Crippen molar-refractivity contribution in [1.82, 2.24) is 0 Å². The van der Waals surface area contributed by atoms with Crippen LogP contribution in [0.5, 0.6) is 5.75 Å². The Bertz CT molecular complexity index is 311. The molecule has 14 heavy (non-hydrogen) atoms. The van der Waals surface area contributed by atoms with Crippen molar-refractivity contribution in [3.63, 3.8) is 0 Å². The third-order valence-corrected chi connectivity index (χ3v) is 2.37. The van der Waals surface area contributed by atoms with E-state index in [4.69, 9.17) is 9.47 Å². The second-order valence-corrected chi connectivity index (χ2v) is 3.29. The highest BCUT2D eigenvalue weighted by Crippen LogP contribution is 2.32. The van der Waals surface area contributed by atoms with Crippen molar-refractivity contribution in [3.8, 4) is 5.75 Å². The van der Waals surface area contributed by atoms with E-state index in [0.717, 1.165) is 11.3 Å². The Kier molecular flexibility index (Phi) is 2.70. The number of benzene rings is 1. The minimum atomic E-state index is -0.570. The van der Waals surface area contributed by atoms with Gasteiger partial charge in [0.1, 0.15) is 24.6 Å². The number of rotatable bonds is 2. The van der Waals surface area contributed by atoms with Crippen molar-refractivity contribution in [1.29, 1.82) is 0 Å². The first-order chi connectivity index (χ1) is 6.83. The number of aliphatic hydroxyl groups is 1. The summed E-state index contributed by atoms with van der Waals surface area (Å²) in [7, 11) is 0. The van der Waals surface area contributed by atoms with Crippen LogP contribution >= 0.6 is 0 Å². The molecule has 0 fully saturated rings. The molecule has 3 heteroatoms. The summed E-state index contributed by atoms with van der Waals surface area (Å²) in [4.78, 5) is 0. The molecule has 3 nitrogen and oxygen atoms in total. The van der Waals surface area contributed by atoms with E-state index in [9.17, 15) is 5.11 Å². The highest BCUT2D eigenvalue weighted by Gasteiger charge is 2.29. The maximum absolute atomic E-state index is 9.95. The van der Waals surface area contributed by atoms with Crippen molar-refractivity contribution < 1.29 is 14.6 Å². The maximum atomic E-state index is 9.95. The minimum Gasteiger partial charge on any atom is -0.490 e. The Morgan fingerprint density at radius 3 is 3.07 bits per heavy atom. The summed E-state index contributed by atoms with van der Waals surface area (Å²) >= 11 is 0. The van der Waals surface area contributed by atoms with E-state index in [2.05, 4.69) is 0 Å². The van der Waals surface area contributed by atoms with Gasteiger partial charge >= 0.3 is 0 Å². The number of ether oxygens (including phenoxy) is 2. The number of aliphatic hydroxyl groups excluding tert-OH is 1. The van der Waals surface area contributed by atoms with Gasteiger partial charge in [0.2, 0.25) is 0 Å². The first-order valence-corrected chi connectivity index (χ1v) is 4.84. The Morgan fingerprint density at radius 1 is 1.50 bits per heavy atom. The molecular formula is C11H14O3. The first-order valence-electron chi connectivity index (χ1n) is 4.84. The molecule has 0 aliphatic carbocycles. The largest absolute Gasteiger partial charge is 0.490 e. The fourth-order valence-electron chi connectivity index (χ4n) is 1.67. The Balaban J connectivity index is 2.22. The number of hydrogen-bond donors (Lipinski definition) is 1. The molecule has 0 aromatic heterocycles. The molecule has 1 heterocycles. The van der Waals surface area contributed by atoms with Gasteiger partial charge in [0.15, 0.2) is 0 Å². The van der Waals surface area contributed by atoms with Crippen LogP contribution < -0.4 is 4.74 Å². The van der Waals surface area contributed by atoms with Gasteiger partial charge in [-0.15, -0.1) is 0 Å². The quantitative estimate of drug-likeness (QED) is 0.775. The van der Waals surface area contributed by atoms with Gasteiger partial charge in [-0.25, -0.2) is 0 Å². The van der Waals surface area contributed by atoms with Crippen molar-refractivity contribution in [2.75, 3.05) is 13.2 Å². The summed E-state index contributed by atoms with van der Waals surface area (Å²) in [5.74, 6) is 0.760. The van der Waals surface area contributed by atoms with Crippen LogP contribution in [-0.4, -0.2) is 24.4 Å². The zero-order valence-electron chi connectivity index (χ0n) is 8.14.